The van der Waals surface area contributed by atoms with E-state index >= 15 is 0 Å². The molecule has 0 bridgehead atoms. The van der Waals surface area contributed by atoms with E-state index in [1.165, 1.54) is 11.6 Å². The number of benzene rings is 2. The number of rotatable bonds is 6. The van der Waals surface area contributed by atoms with Crippen LogP contribution in [0.4, 0.5) is 0 Å². The van der Waals surface area contributed by atoms with E-state index in [1.807, 2.05) is 30.3 Å². The Morgan fingerprint density at radius 3 is 2.64 bits per heavy atom. The molecule has 0 radical (unpaired) electrons. The zero-order valence-corrected chi connectivity index (χ0v) is 13.9. The SMILES string of the molecule is CCOC(=O)c1cc2ccc(OCCc3ccccc3)cc2oc1=O. The first kappa shape index (κ1) is 16.8. The summed E-state index contributed by atoms with van der Waals surface area (Å²) in [7, 11) is 0. The molecule has 3 rings (SSSR count). The highest BCUT2D eigenvalue weighted by atomic mass is 16.5. The van der Waals surface area contributed by atoms with Gasteiger partial charge in [0.05, 0.1) is 13.2 Å². The maximum atomic E-state index is 12.0. The zero-order chi connectivity index (χ0) is 17.6. The second kappa shape index (κ2) is 7.66. The molecule has 5 heteroatoms. The molecule has 2 aromatic carbocycles. The molecule has 1 heterocycles. The smallest absolute Gasteiger partial charge is 0.351 e. The third-order valence-electron chi connectivity index (χ3n) is 3.71. The number of ether oxygens (including phenoxy) is 2. The third-order valence-corrected chi connectivity index (χ3v) is 3.71. The van der Waals surface area contributed by atoms with Crippen molar-refractivity contribution in [3.05, 3.63) is 76.1 Å². The van der Waals surface area contributed by atoms with Gasteiger partial charge in [-0.05, 0) is 30.7 Å². The lowest BCUT2D eigenvalue weighted by molar-refractivity contribution is 0.0522. The molecule has 0 saturated carbocycles. The molecule has 0 amide bonds. The number of carbonyl (C=O) groups is 1. The van der Waals surface area contributed by atoms with Crippen LogP contribution in [-0.4, -0.2) is 19.2 Å². The van der Waals surface area contributed by atoms with Crippen LogP contribution in [0.3, 0.4) is 0 Å². The number of fused-ring (bicyclic) bond motifs is 1. The van der Waals surface area contributed by atoms with Gasteiger partial charge in [0.2, 0.25) is 0 Å². The van der Waals surface area contributed by atoms with E-state index in [9.17, 15) is 9.59 Å². The zero-order valence-electron chi connectivity index (χ0n) is 13.9. The van der Waals surface area contributed by atoms with Gasteiger partial charge in [0.25, 0.3) is 0 Å². The summed E-state index contributed by atoms with van der Waals surface area (Å²) in [5, 5.41) is 0.637. The molecule has 5 nitrogen and oxygen atoms in total. The Balaban J connectivity index is 1.75. The summed E-state index contributed by atoms with van der Waals surface area (Å²) in [4.78, 5) is 23.7. The van der Waals surface area contributed by atoms with Gasteiger partial charge in [-0.25, -0.2) is 9.59 Å². The lowest BCUT2D eigenvalue weighted by Gasteiger charge is -2.07. The quantitative estimate of drug-likeness (QED) is 0.507. The summed E-state index contributed by atoms with van der Waals surface area (Å²) >= 11 is 0. The number of carbonyl (C=O) groups excluding carboxylic acids is 1. The van der Waals surface area contributed by atoms with Crippen molar-refractivity contribution >= 4 is 16.9 Å². The fourth-order valence-electron chi connectivity index (χ4n) is 2.46. The van der Waals surface area contributed by atoms with E-state index in [0.29, 0.717) is 23.3 Å². The average Bonchev–Trinajstić information content (AvgIpc) is 2.62. The second-order valence-corrected chi connectivity index (χ2v) is 5.45. The van der Waals surface area contributed by atoms with Crippen LogP contribution >= 0.6 is 0 Å². The minimum atomic E-state index is -0.715. The normalized spacial score (nSPS) is 10.6. The maximum Gasteiger partial charge on any atom is 0.351 e. The van der Waals surface area contributed by atoms with Gasteiger partial charge in [-0.15, -0.1) is 0 Å². The summed E-state index contributed by atoms with van der Waals surface area (Å²) in [6.07, 6.45) is 0.782. The summed E-state index contributed by atoms with van der Waals surface area (Å²) in [5.41, 5.74) is 0.739. The van der Waals surface area contributed by atoms with E-state index in [2.05, 4.69) is 0 Å². The van der Waals surface area contributed by atoms with Gasteiger partial charge in [-0.3, -0.25) is 0 Å². The average molecular weight is 338 g/mol. The summed E-state index contributed by atoms with van der Waals surface area (Å²) in [6.45, 7) is 2.39. The van der Waals surface area contributed by atoms with Crippen LogP contribution in [-0.2, 0) is 11.2 Å². The van der Waals surface area contributed by atoms with Crippen LogP contribution < -0.4 is 10.4 Å². The molecule has 0 aliphatic carbocycles. The molecule has 0 unspecified atom stereocenters. The minimum Gasteiger partial charge on any atom is -0.493 e. The van der Waals surface area contributed by atoms with Gasteiger partial charge in [0, 0.05) is 17.9 Å². The lowest BCUT2D eigenvalue weighted by atomic mass is 10.1. The number of hydrogen-bond acceptors (Lipinski definition) is 5. The highest BCUT2D eigenvalue weighted by Crippen LogP contribution is 2.21. The fourth-order valence-corrected chi connectivity index (χ4v) is 2.46. The van der Waals surface area contributed by atoms with Crippen molar-refractivity contribution in [2.24, 2.45) is 0 Å². The Bertz CT molecular complexity index is 928. The monoisotopic (exact) mass is 338 g/mol. The molecular formula is C20H18O5. The predicted molar refractivity (Wildman–Crippen MR) is 94.1 cm³/mol. The van der Waals surface area contributed by atoms with Crippen LogP contribution in [0.25, 0.3) is 11.0 Å². The molecule has 3 aromatic rings. The van der Waals surface area contributed by atoms with Gasteiger partial charge in [0.1, 0.15) is 16.9 Å². The van der Waals surface area contributed by atoms with E-state index in [4.69, 9.17) is 13.9 Å². The molecule has 0 aliphatic rings. The van der Waals surface area contributed by atoms with Crippen molar-refractivity contribution in [1.29, 1.82) is 0 Å². The molecular weight excluding hydrogens is 320 g/mol. The summed E-state index contributed by atoms with van der Waals surface area (Å²) < 4.78 is 15.8. The van der Waals surface area contributed by atoms with Gasteiger partial charge < -0.3 is 13.9 Å². The van der Waals surface area contributed by atoms with Crippen LogP contribution in [0.2, 0.25) is 0 Å². The molecule has 0 N–H and O–H groups in total. The largest absolute Gasteiger partial charge is 0.493 e. The Hall–Kier alpha value is -3.08. The predicted octanol–water partition coefficient (Wildman–Crippen LogP) is 3.59. The van der Waals surface area contributed by atoms with E-state index < -0.39 is 11.6 Å². The first-order valence-electron chi connectivity index (χ1n) is 8.09. The fraction of sp³-hybridized carbons (Fsp3) is 0.200. The first-order valence-corrected chi connectivity index (χ1v) is 8.09. The molecule has 1 aromatic heterocycles. The van der Waals surface area contributed by atoms with Crippen molar-refractivity contribution in [3.63, 3.8) is 0 Å². The number of esters is 1. The molecule has 25 heavy (non-hydrogen) atoms. The van der Waals surface area contributed by atoms with E-state index in [0.717, 1.165) is 6.42 Å². The summed E-state index contributed by atoms with van der Waals surface area (Å²) in [5.74, 6) is -0.0724. The van der Waals surface area contributed by atoms with E-state index in [1.54, 1.807) is 25.1 Å². The molecule has 0 atom stereocenters. The topological polar surface area (TPSA) is 65.7 Å². The Kier molecular flexibility index (Phi) is 5.14. The van der Waals surface area contributed by atoms with Crippen molar-refractivity contribution in [1.82, 2.24) is 0 Å². The lowest BCUT2D eigenvalue weighted by Crippen LogP contribution is -2.16. The van der Waals surface area contributed by atoms with Crippen LogP contribution in [0, 0.1) is 0 Å². The Labute approximate surface area is 144 Å². The maximum absolute atomic E-state index is 12.0. The van der Waals surface area contributed by atoms with Gasteiger partial charge in [0.15, 0.2) is 0 Å². The Morgan fingerprint density at radius 1 is 1.08 bits per heavy atom. The van der Waals surface area contributed by atoms with Gasteiger partial charge >= 0.3 is 11.6 Å². The highest BCUT2D eigenvalue weighted by Gasteiger charge is 2.15. The van der Waals surface area contributed by atoms with Crippen molar-refractivity contribution in [2.45, 2.75) is 13.3 Å². The van der Waals surface area contributed by atoms with Gasteiger partial charge in [-0.2, -0.15) is 0 Å². The minimum absolute atomic E-state index is 0.105. The van der Waals surface area contributed by atoms with Crippen molar-refractivity contribution in [2.75, 3.05) is 13.2 Å². The van der Waals surface area contributed by atoms with Crippen LogP contribution in [0.15, 0.2) is 63.8 Å². The standard InChI is InChI=1S/C20H18O5/c1-2-23-19(21)17-12-15-8-9-16(13-18(15)25-20(17)22)24-11-10-14-6-4-3-5-7-14/h3-9,12-13H,2,10-11H2,1H3. The second-order valence-electron chi connectivity index (χ2n) is 5.45. The van der Waals surface area contributed by atoms with Crippen molar-refractivity contribution in [3.8, 4) is 5.75 Å². The molecule has 0 fully saturated rings. The first-order chi connectivity index (χ1) is 12.2. The molecule has 0 aliphatic heterocycles. The molecule has 0 spiro atoms. The highest BCUT2D eigenvalue weighted by molar-refractivity contribution is 5.93. The van der Waals surface area contributed by atoms with Gasteiger partial charge in [-0.1, -0.05) is 30.3 Å². The number of hydrogen-bond donors (Lipinski definition) is 0. The molecule has 0 saturated heterocycles. The van der Waals surface area contributed by atoms with Crippen LogP contribution in [0.5, 0.6) is 5.75 Å². The third kappa shape index (κ3) is 4.07. The molecule has 128 valence electrons. The van der Waals surface area contributed by atoms with E-state index in [-0.39, 0.29) is 12.2 Å². The Morgan fingerprint density at radius 2 is 1.88 bits per heavy atom. The van der Waals surface area contributed by atoms with Crippen molar-refractivity contribution < 1.29 is 18.7 Å². The summed E-state index contributed by atoms with van der Waals surface area (Å²) in [6, 6.07) is 16.7. The van der Waals surface area contributed by atoms with Crippen LogP contribution in [0.1, 0.15) is 22.8 Å².